The fourth-order valence-electron chi connectivity index (χ4n) is 4.21. The van der Waals surface area contributed by atoms with Crippen LogP contribution in [-0.4, -0.2) is 105 Å². The maximum Gasteiger partial charge on any atom is 0.573 e. The lowest BCUT2D eigenvalue weighted by atomic mass is 10.3. The smallest absolute Gasteiger partial charge is 0.406 e. The van der Waals surface area contributed by atoms with Crippen molar-refractivity contribution in [3.8, 4) is 11.4 Å². The minimum Gasteiger partial charge on any atom is -0.406 e. The summed E-state index contributed by atoms with van der Waals surface area (Å²) < 4.78 is 43.0. The Bertz CT molecular complexity index is 1120. The molecule has 1 aromatic heterocycles. The van der Waals surface area contributed by atoms with Crippen molar-refractivity contribution < 1.29 is 32.0 Å². The van der Waals surface area contributed by atoms with Gasteiger partial charge in [-0.15, -0.1) is 17.9 Å². The number of hydrogen-bond donors (Lipinski definition) is 0. The van der Waals surface area contributed by atoms with Gasteiger partial charge in [-0.05, 0) is 22.6 Å². The molecule has 1 aromatic carbocycles. The van der Waals surface area contributed by atoms with E-state index in [-0.39, 0.29) is 11.6 Å². The first-order valence-electron chi connectivity index (χ1n) is 10.9. The summed E-state index contributed by atoms with van der Waals surface area (Å²) >= 11 is 0. The number of tetrazole rings is 1. The monoisotopic (exact) mass is 484 g/mol. The average molecular weight is 484 g/mol. The lowest BCUT2D eigenvalue weighted by Gasteiger charge is -2.36. The summed E-state index contributed by atoms with van der Waals surface area (Å²) in [5.41, 5.74) is -0.926. The van der Waals surface area contributed by atoms with Crippen LogP contribution in [0.15, 0.2) is 29.1 Å². The van der Waals surface area contributed by atoms with Gasteiger partial charge in [0.1, 0.15) is 5.75 Å². The van der Waals surface area contributed by atoms with Crippen LogP contribution >= 0.6 is 0 Å². The normalized spacial score (nSPS) is 21.8. The molecule has 3 heterocycles. The lowest BCUT2D eigenvalue weighted by molar-refractivity contribution is -0.825. The summed E-state index contributed by atoms with van der Waals surface area (Å²) in [6, 6.07) is 4.01. The molecule has 0 spiro atoms. The highest BCUT2D eigenvalue weighted by molar-refractivity contribution is 5.75. The Morgan fingerprint density at radius 2 is 1.88 bits per heavy atom. The molecule has 0 bridgehead atoms. The molecule has 0 saturated carbocycles. The van der Waals surface area contributed by atoms with E-state index in [9.17, 15) is 27.6 Å². The molecule has 2 aliphatic rings. The molecule has 34 heavy (non-hydrogen) atoms. The fraction of sp³-hybridized carbons (Fsp3) is 0.550. The number of likely N-dealkylation sites (tertiary alicyclic amines) is 1. The molecule has 0 aliphatic carbocycles. The number of ether oxygens (including phenoxy) is 1. The highest BCUT2D eigenvalue weighted by atomic mass is 19.4. The number of alkyl halides is 3. The molecule has 2 amide bonds. The van der Waals surface area contributed by atoms with Gasteiger partial charge in [-0.25, -0.2) is 14.4 Å². The summed E-state index contributed by atoms with van der Waals surface area (Å²) in [4.78, 5) is 41.2. The van der Waals surface area contributed by atoms with Gasteiger partial charge in [-0.1, -0.05) is 6.07 Å². The third-order valence-electron chi connectivity index (χ3n) is 6.26. The molecule has 2 aliphatic heterocycles. The van der Waals surface area contributed by atoms with Crippen molar-refractivity contribution in [1.29, 1.82) is 0 Å². The fourth-order valence-corrected chi connectivity index (χ4v) is 4.21. The Labute approximate surface area is 192 Å². The van der Waals surface area contributed by atoms with Crippen LogP contribution in [-0.2, 0) is 4.79 Å². The zero-order chi connectivity index (χ0) is 24.5. The highest BCUT2D eigenvalue weighted by Gasteiger charge is 2.37. The number of hydrogen-bond acceptors (Lipinski definition) is 7. The van der Waals surface area contributed by atoms with Crippen LogP contribution in [0.1, 0.15) is 12.8 Å². The summed E-state index contributed by atoms with van der Waals surface area (Å²) in [6.07, 6.45) is -3.36. The van der Waals surface area contributed by atoms with Crippen molar-refractivity contribution >= 4 is 11.9 Å². The number of halogens is 3. The van der Waals surface area contributed by atoms with E-state index in [1.807, 2.05) is 7.05 Å². The first-order valence-corrected chi connectivity index (χ1v) is 10.9. The van der Waals surface area contributed by atoms with Gasteiger partial charge < -0.3 is 9.64 Å². The van der Waals surface area contributed by atoms with Crippen LogP contribution in [0, 0.1) is 0 Å². The number of likely N-dealkylation sites (N-methyl/N-ethyl adjacent to an activating group) is 1. The number of carbonyl (C=O) groups excluding carboxylic acids is 2. The number of quaternary nitrogens is 1. The average Bonchev–Trinajstić information content (AvgIpc) is 3.33. The van der Waals surface area contributed by atoms with Gasteiger partial charge in [0, 0.05) is 45.2 Å². The van der Waals surface area contributed by atoms with Crippen molar-refractivity contribution in [1.82, 2.24) is 29.6 Å². The number of nitrogens with zero attached hydrogens (tertiary/aromatic N) is 7. The first-order chi connectivity index (χ1) is 16.1. The van der Waals surface area contributed by atoms with Crippen molar-refractivity contribution in [3.05, 3.63) is 34.7 Å². The Balaban J connectivity index is 1.37. The van der Waals surface area contributed by atoms with E-state index >= 15 is 0 Å². The molecule has 0 radical (unpaired) electrons. The van der Waals surface area contributed by atoms with Gasteiger partial charge in [0.2, 0.25) is 0 Å². The lowest BCUT2D eigenvalue weighted by Crippen LogP contribution is -2.55. The molecule has 2 aromatic rings. The molecule has 1 unspecified atom stereocenters. The molecule has 2 fully saturated rings. The van der Waals surface area contributed by atoms with Gasteiger partial charge in [0.25, 0.3) is 0 Å². The SMILES string of the molecule is C[N+]1(CCN2CCN(C(=O)n3nnn(-c4cccc(OC(F)(F)F)c4)c3=O)CC2)CCCC1=O. The van der Waals surface area contributed by atoms with Crippen LogP contribution in [0.25, 0.3) is 5.69 Å². The summed E-state index contributed by atoms with van der Waals surface area (Å²) in [5, 5.41) is 7.24. The van der Waals surface area contributed by atoms with Crippen LogP contribution in [0.2, 0.25) is 0 Å². The number of carbonyl (C=O) groups is 2. The Morgan fingerprint density at radius 3 is 2.53 bits per heavy atom. The quantitative estimate of drug-likeness (QED) is 0.454. The molecule has 184 valence electrons. The third kappa shape index (κ3) is 5.12. The second-order valence-electron chi connectivity index (χ2n) is 8.58. The minimum absolute atomic E-state index is 0.0244. The van der Waals surface area contributed by atoms with E-state index in [0.29, 0.717) is 41.8 Å². The van der Waals surface area contributed by atoms with E-state index in [1.54, 1.807) is 0 Å². The zero-order valence-electron chi connectivity index (χ0n) is 18.6. The van der Waals surface area contributed by atoms with E-state index in [4.69, 9.17) is 0 Å². The van der Waals surface area contributed by atoms with Crippen LogP contribution in [0.3, 0.4) is 0 Å². The highest BCUT2D eigenvalue weighted by Crippen LogP contribution is 2.24. The van der Waals surface area contributed by atoms with Crippen LogP contribution in [0.4, 0.5) is 18.0 Å². The second-order valence-corrected chi connectivity index (χ2v) is 8.58. The van der Waals surface area contributed by atoms with E-state index in [2.05, 4.69) is 20.1 Å². The van der Waals surface area contributed by atoms with Gasteiger partial charge in [-0.3, -0.25) is 9.38 Å². The topological polar surface area (TPSA) is 103 Å². The zero-order valence-corrected chi connectivity index (χ0v) is 18.6. The molecule has 4 rings (SSSR count). The molecule has 11 nitrogen and oxygen atoms in total. The summed E-state index contributed by atoms with van der Waals surface area (Å²) in [7, 11) is 1.95. The van der Waals surface area contributed by atoms with Crippen LogP contribution < -0.4 is 10.4 Å². The number of piperazine rings is 1. The largest absolute Gasteiger partial charge is 0.573 e. The van der Waals surface area contributed by atoms with Crippen molar-refractivity contribution in [3.63, 3.8) is 0 Å². The Morgan fingerprint density at radius 1 is 1.15 bits per heavy atom. The minimum atomic E-state index is -4.89. The number of aromatic nitrogens is 4. The predicted octanol–water partition coefficient (Wildman–Crippen LogP) is 0.680. The molecule has 2 saturated heterocycles. The first kappa shape index (κ1) is 23.9. The van der Waals surface area contributed by atoms with Crippen molar-refractivity contribution in [2.45, 2.75) is 19.2 Å². The van der Waals surface area contributed by atoms with Crippen molar-refractivity contribution in [2.24, 2.45) is 0 Å². The molecular weight excluding hydrogens is 459 g/mol. The molecule has 0 N–H and O–H groups in total. The molecular formula is C20H25F3N7O4+. The van der Waals surface area contributed by atoms with E-state index in [0.717, 1.165) is 42.9 Å². The van der Waals surface area contributed by atoms with E-state index < -0.39 is 23.8 Å². The third-order valence-corrected chi connectivity index (χ3v) is 6.26. The van der Waals surface area contributed by atoms with Crippen LogP contribution in [0.5, 0.6) is 5.75 Å². The standard InChI is InChI=1S/C20H25F3N7O4/c1-30(12-3-6-17(30)31)13-11-26-7-9-27(10-8-26)18(32)29-19(33)28(24-25-29)15-4-2-5-16(14-15)34-20(21,22)23/h2,4-5,14H,3,6-13H2,1H3/q+1. The van der Waals surface area contributed by atoms with Crippen molar-refractivity contribution in [2.75, 3.05) is 52.9 Å². The Kier molecular flexibility index (Phi) is 6.45. The number of rotatable bonds is 5. The number of benzene rings is 1. The van der Waals surface area contributed by atoms with E-state index in [1.165, 1.54) is 17.0 Å². The maximum atomic E-state index is 12.8. The number of amides is 2. The summed E-state index contributed by atoms with van der Waals surface area (Å²) in [6.45, 7) is 4.20. The molecule has 14 heteroatoms. The van der Waals surface area contributed by atoms with Gasteiger partial charge >= 0.3 is 24.0 Å². The summed E-state index contributed by atoms with van der Waals surface area (Å²) in [5.74, 6) is -0.271. The predicted molar refractivity (Wildman–Crippen MR) is 111 cm³/mol. The Hall–Kier alpha value is -3.26. The molecule has 1 atom stereocenters. The van der Waals surface area contributed by atoms with Gasteiger partial charge in [0.15, 0.2) is 0 Å². The van der Waals surface area contributed by atoms with Gasteiger partial charge in [-0.2, -0.15) is 4.68 Å². The van der Waals surface area contributed by atoms with Gasteiger partial charge in [0.05, 0.1) is 32.2 Å². The maximum absolute atomic E-state index is 12.8. The second kappa shape index (κ2) is 9.18.